The van der Waals surface area contributed by atoms with Crippen molar-refractivity contribution in [3.63, 3.8) is 0 Å². The molecule has 0 aliphatic carbocycles. The van der Waals surface area contributed by atoms with Crippen LogP contribution in [0, 0.1) is 18.6 Å². The molecule has 1 amide bonds. The molecule has 1 aliphatic heterocycles. The van der Waals surface area contributed by atoms with Crippen LogP contribution < -0.4 is 10.2 Å². The quantitative estimate of drug-likeness (QED) is 0.193. The first-order valence-electron chi connectivity index (χ1n) is 14.2. The standard InChI is InChI=1S/C33H30F5N3O4/c1-18-10-11-39-30(29(18)33(36,37)38)24-9-8-20(22-6-4-5-7-23(22)24)14-27(32(43)44-3)40-31(42)28-25(34)15-21(16-26(28)35)41-12-13-45-17-19(41)2/h4-11,15-16,19,27H,12-14,17H2,1-3H3,(H,40,42)/t19-,27-/m0/s1. The number of fused-ring (bicyclic) bond motifs is 1. The van der Waals surface area contributed by atoms with Crippen LogP contribution in [-0.4, -0.2) is 55.8 Å². The number of halogens is 5. The number of nitrogens with one attached hydrogen (secondary N) is 1. The molecule has 0 bridgehead atoms. The van der Waals surface area contributed by atoms with E-state index in [0.717, 1.165) is 19.2 Å². The van der Waals surface area contributed by atoms with Gasteiger partial charge in [0.15, 0.2) is 0 Å². The zero-order valence-corrected chi connectivity index (χ0v) is 24.7. The fraction of sp³-hybridized carbons (Fsp3) is 0.303. The number of ether oxygens (including phenoxy) is 2. The summed E-state index contributed by atoms with van der Waals surface area (Å²) in [6, 6.07) is 11.5. The van der Waals surface area contributed by atoms with E-state index in [1.54, 1.807) is 29.2 Å². The Hall–Kier alpha value is -4.58. The Morgan fingerprint density at radius 2 is 1.78 bits per heavy atom. The van der Waals surface area contributed by atoms with Crippen LogP contribution in [0.4, 0.5) is 27.6 Å². The Morgan fingerprint density at radius 3 is 2.42 bits per heavy atom. The van der Waals surface area contributed by atoms with Gasteiger partial charge in [0.25, 0.3) is 5.91 Å². The molecule has 2 atom stereocenters. The highest BCUT2D eigenvalue weighted by Crippen LogP contribution is 2.40. The third-order valence-electron chi connectivity index (χ3n) is 7.88. The van der Waals surface area contributed by atoms with Gasteiger partial charge in [-0.2, -0.15) is 13.2 Å². The smallest absolute Gasteiger partial charge is 0.418 e. The fourth-order valence-electron chi connectivity index (χ4n) is 5.71. The van der Waals surface area contributed by atoms with Gasteiger partial charge in [0, 0.05) is 36.5 Å². The SMILES string of the molecule is COC(=O)[C@H](Cc1ccc(-c2nccc(C)c2C(F)(F)F)c2ccccc12)NC(=O)c1c(F)cc(N2CCOC[C@@H]2C)cc1F. The van der Waals surface area contributed by atoms with Gasteiger partial charge in [-0.05, 0) is 53.9 Å². The van der Waals surface area contributed by atoms with Gasteiger partial charge < -0.3 is 19.7 Å². The Bertz CT molecular complexity index is 1740. The number of alkyl halides is 3. The molecule has 0 radical (unpaired) electrons. The third-order valence-corrected chi connectivity index (χ3v) is 7.88. The molecule has 0 saturated carbocycles. The van der Waals surface area contributed by atoms with Crippen molar-refractivity contribution in [3.05, 3.63) is 94.7 Å². The van der Waals surface area contributed by atoms with Gasteiger partial charge >= 0.3 is 12.1 Å². The molecule has 12 heteroatoms. The summed E-state index contributed by atoms with van der Waals surface area (Å²) in [4.78, 5) is 31.8. The second-order valence-electron chi connectivity index (χ2n) is 10.8. The van der Waals surface area contributed by atoms with Crippen molar-refractivity contribution >= 4 is 28.3 Å². The first-order valence-corrected chi connectivity index (χ1v) is 14.2. The molecule has 4 aromatic rings. The number of hydrogen-bond acceptors (Lipinski definition) is 6. The molecule has 1 N–H and O–H groups in total. The summed E-state index contributed by atoms with van der Waals surface area (Å²) in [5, 5.41) is 3.31. The number of anilines is 1. The van der Waals surface area contributed by atoms with Gasteiger partial charge in [0.1, 0.15) is 23.2 Å². The number of rotatable bonds is 7. The van der Waals surface area contributed by atoms with E-state index in [9.17, 15) is 22.8 Å². The number of hydrogen-bond donors (Lipinski definition) is 1. The van der Waals surface area contributed by atoms with Crippen LogP contribution in [0.5, 0.6) is 0 Å². The number of pyridine rings is 1. The Morgan fingerprint density at radius 1 is 1.09 bits per heavy atom. The van der Waals surface area contributed by atoms with Crippen LogP contribution in [0.1, 0.15) is 34.0 Å². The molecule has 3 aromatic carbocycles. The maximum atomic E-state index is 15.2. The highest BCUT2D eigenvalue weighted by Gasteiger charge is 2.37. The maximum Gasteiger partial charge on any atom is 0.418 e. The highest BCUT2D eigenvalue weighted by molar-refractivity contribution is 6.00. The van der Waals surface area contributed by atoms with Crippen molar-refractivity contribution in [2.75, 3.05) is 31.8 Å². The van der Waals surface area contributed by atoms with Crippen molar-refractivity contribution < 1.29 is 41.0 Å². The molecule has 5 rings (SSSR count). The lowest BCUT2D eigenvalue weighted by molar-refractivity contribution is -0.143. The summed E-state index contributed by atoms with van der Waals surface area (Å²) in [6.07, 6.45) is -3.53. The summed E-state index contributed by atoms with van der Waals surface area (Å²) in [6.45, 7) is 4.39. The summed E-state index contributed by atoms with van der Waals surface area (Å²) in [5.74, 6) is -4.26. The molecule has 1 fully saturated rings. The minimum absolute atomic E-state index is 0.0149. The first kappa shape index (κ1) is 31.8. The van der Waals surface area contributed by atoms with Crippen molar-refractivity contribution in [2.45, 2.75) is 38.5 Å². The van der Waals surface area contributed by atoms with Crippen LogP contribution >= 0.6 is 0 Å². The van der Waals surface area contributed by atoms with Crippen molar-refractivity contribution in [1.82, 2.24) is 10.3 Å². The lowest BCUT2D eigenvalue weighted by atomic mass is 9.92. The molecule has 236 valence electrons. The number of amides is 1. The van der Waals surface area contributed by atoms with E-state index >= 15 is 8.78 Å². The van der Waals surface area contributed by atoms with Gasteiger partial charge in [0.05, 0.1) is 31.6 Å². The molecule has 0 unspecified atom stereocenters. The van der Waals surface area contributed by atoms with E-state index in [1.165, 1.54) is 31.3 Å². The second kappa shape index (κ2) is 12.8. The number of aromatic nitrogens is 1. The van der Waals surface area contributed by atoms with Crippen molar-refractivity contribution in [1.29, 1.82) is 0 Å². The average Bonchev–Trinajstić information content (AvgIpc) is 2.99. The number of morpholine rings is 1. The number of benzene rings is 3. The molecule has 1 saturated heterocycles. The summed E-state index contributed by atoms with van der Waals surface area (Å²) >= 11 is 0. The summed E-state index contributed by atoms with van der Waals surface area (Å²) < 4.78 is 82.7. The number of aryl methyl sites for hydroxylation is 1. The minimum Gasteiger partial charge on any atom is -0.467 e. The largest absolute Gasteiger partial charge is 0.467 e. The molecule has 7 nitrogen and oxygen atoms in total. The fourth-order valence-corrected chi connectivity index (χ4v) is 5.71. The molecule has 45 heavy (non-hydrogen) atoms. The number of nitrogens with zero attached hydrogens (tertiary/aromatic N) is 2. The van der Waals surface area contributed by atoms with E-state index in [1.807, 2.05) is 6.92 Å². The molecule has 1 aromatic heterocycles. The monoisotopic (exact) mass is 627 g/mol. The lowest BCUT2D eigenvalue weighted by Crippen LogP contribution is -2.44. The summed E-state index contributed by atoms with van der Waals surface area (Å²) in [7, 11) is 1.10. The predicted molar refractivity (Wildman–Crippen MR) is 158 cm³/mol. The van der Waals surface area contributed by atoms with Gasteiger partial charge in [-0.15, -0.1) is 0 Å². The number of methoxy groups -OCH3 is 1. The second-order valence-corrected chi connectivity index (χ2v) is 10.8. The molecule has 2 heterocycles. The van der Waals surface area contributed by atoms with Crippen molar-refractivity contribution in [3.8, 4) is 11.3 Å². The normalized spacial score (nSPS) is 16.0. The van der Waals surface area contributed by atoms with Crippen LogP contribution in [0.2, 0.25) is 0 Å². The van der Waals surface area contributed by atoms with Crippen LogP contribution in [0.3, 0.4) is 0 Å². The van der Waals surface area contributed by atoms with E-state index in [2.05, 4.69) is 10.3 Å². The zero-order chi connectivity index (χ0) is 32.5. The Balaban J connectivity index is 1.48. The van der Waals surface area contributed by atoms with Gasteiger partial charge in [-0.1, -0.05) is 36.4 Å². The number of carbonyl (C=O) groups excluding carboxylic acids is 2. The van der Waals surface area contributed by atoms with Crippen LogP contribution in [0.25, 0.3) is 22.0 Å². The van der Waals surface area contributed by atoms with Gasteiger partial charge in [-0.3, -0.25) is 9.78 Å². The topological polar surface area (TPSA) is 80.8 Å². The van der Waals surface area contributed by atoms with Gasteiger partial charge in [-0.25, -0.2) is 13.6 Å². The van der Waals surface area contributed by atoms with E-state index < -0.39 is 46.9 Å². The van der Waals surface area contributed by atoms with Crippen LogP contribution in [-0.2, 0) is 26.9 Å². The van der Waals surface area contributed by atoms with Gasteiger partial charge in [0.2, 0.25) is 0 Å². The predicted octanol–water partition coefficient (Wildman–Crippen LogP) is 6.25. The molecular weight excluding hydrogens is 597 g/mol. The molecule has 0 spiro atoms. The lowest BCUT2D eigenvalue weighted by Gasteiger charge is -2.35. The average molecular weight is 628 g/mol. The minimum atomic E-state index is -4.66. The Kier molecular flexibility index (Phi) is 9.06. The number of esters is 1. The third kappa shape index (κ3) is 6.46. The van der Waals surface area contributed by atoms with E-state index in [0.29, 0.717) is 36.1 Å². The molecular formula is C33H30F5N3O4. The number of carbonyl (C=O) groups is 2. The van der Waals surface area contributed by atoms with Crippen molar-refractivity contribution in [2.24, 2.45) is 0 Å². The summed E-state index contributed by atoms with van der Waals surface area (Å²) in [5.41, 5.74) is -0.998. The molecule has 1 aliphatic rings. The Labute approximate surface area is 256 Å². The first-order chi connectivity index (χ1) is 21.4. The zero-order valence-electron chi connectivity index (χ0n) is 24.7. The van der Waals surface area contributed by atoms with E-state index in [-0.39, 0.29) is 35.0 Å². The van der Waals surface area contributed by atoms with E-state index in [4.69, 9.17) is 9.47 Å². The van der Waals surface area contributed by atoms with Crippen LogP contribution in [0.15, 0.2) is 60.8 Å². The highest BCUT2D eigenvalue weighted by atomic mass is 19.4. The maximum absolute atomic E-state index is 15.2.